The highest BCUT2D eigenvalue weighted by molar-refractivity contribution is 6.25. The van der Waals surface area contributed by atoms with Gasteiger partial charge in [-0.05, 0) is 46.9 Å². The monoisotopic (exact) mass is 334 g/mol. The highest BCUT2D eigenvalue weighted by Gasteiger charge is 2.13. The summed E-state index contributed by atoms with van der Waals surface area (Å²) in [6.07, 6.45) is 0. The second-order valence-corrected chi connectivity index (χ2v) is 6.03. The van der Waals surface area contributed by atoms with Crippen LogP contribution in [0.25, 0.3) is 11.1 Å². The zero-order chi connectivity index (χ0) is 16.9. The van der Waals surface area contributed by atoms with E-state index >= 15 is 0 Å². The fraction of sp³-hybridized carbons (Fsp3) is 0.0909. The summed E-state index contributed by atoms with van der Waals surface area (Å²) in [5.74, 6) is 0.669. The Hall–Kier alpha value is -2.51. The van der Waals surface area contributed by atoms with Crippen LogP contribution in [0, 0.1) is 6.92 Å². The van der Waals surface area contributed by atoms with Gasteiger partial charge in [-0.2, -0.15) is 0 Å². The standard InChI is InChI=1S/C22H19ClO/c1-16-7-9-18(10-8-16)22(19-11-13-20(24)14-12-19)21(15-23)17-5-3-2-4-6-17/h2-14,24H,15H2,1H3/b22-21+. The van der Waals surface area contributed by atoms with Crippen molar-refractivity contribution >= 4 is 22.7 Å². The minimum atomic E-state index is 0.258. The lowest BCUT2D eigenvalue weighted by atomic mass is 9.90. The predicted octanol–water partition coefficient (Wildman–Crippen LogP) is 5.90. The number of benzene rings is 3. The van der Waals surface area contributed by atoms with Gasteiger partial charge in [0.1, 0.15) is 5.75 Å². The van der Waals surface area contributed by atoms with Crippen LogP contribution in [0.4, 0.5) is 0 Å². The van der Waals surface area contributed by atoms with Crippen molar-refractivity contribution in [1.82, 2.24) is 0 Å². The molecule has 0 fully saturated rings. The van der Waals surface area contributed by atoms with Gasteiger partial charge >= 0.3 is 0 Å². The third-order valence-electron chi connectivity index (χ3n) is 4.05. The van der Waals surface area contributed by atoms with E-state index in [0.29, 0.717) is 5.88 Å². The normalized spacial score (nSPS) is 11.9. The molecular formula is C22H19ClO. The first-order chi connectivity index (χ1) is 11.7. The number of allylic oxidation sites excluding steroid dienone is 1. The summed E-state index contributed by atoms with van der Waals surface area (Å²) in [5.41, 5.74) is 6.65. The first kappa shape index (κ1) is 16.4. The molecule has 0 radical (unpaired) electrons. The van der Waals surface area contributed by atoms with Crippen molar-refractivity contribution in [1.29, 1.82) is 0 Å². The molecule has 24 heavy (non-hydrogen) atoms. The maximum Gasteiger partial charge on any atom is 0.115 e. The summed E-state index contributed by atoms with van der Waals surface area (Å²) in [4.78, 5) is 0. The van der Waals surface area contributed by atoms with Crippen molar-refractivity contribution in [2.24, 2.45) is 0 Å². The van der Waals surface area contributed by atoms with E-state index in [1.807, 2.05) is 30.3 Å². The van der Waals surface area contributed by atoms with E-state index < -0.39 is 0 Å². The summed E-state index contributed by atoms with van der Waals surface area (Å²) >= 11 is 6.35. The Balaban J connectivity index is 2.26. The Morgan fingerprint density at radius 3 is 1.83 bits per heavy atom. The average Bonchev–Trinajstić information content (AvgIpc) is 2.62. The van der Waals surface area contributed by atoms with E-state index in [2.05, 4.69) is 43.3 Å². The van der Waals surface area contributed by atoms with E-state index in [4.69, 9.17) is 11.6 Å². The lowest BCUT2D eigenvalue weighted by Gasteiger charge is -2.16. The second kappa shape index (κ2) is 7.37. The van der Waals surface area contributed by atoms with Crippen LogP contribution in [0.5, 0.6) is 5.75 Å². The number of hydrogen-bond donors (Lipinski definition) is 1. The van der Waals surface area contributed by atoms with Gasteiger partial charge in [-0.15, -0.1) is 11.6 Å². The van der Waals surface area contributed by atoms with Crippen LogP contribution in [-0.4, -0.2) is 11.0 Å². The van der Waals surface area contributed by atoms with E-state index in [9.17, 15) is 5.11 Å². The quantitative estimate of drug-likeness (QED) is 0.465. The molecule has 0 aromatic heterocycles. The maximum absolute atomic E-state index is 9.62. The van der Waals surface area contributed by atoms with Gasteiger partial charge in [0.2, 0.25) is 0 Å². The molecule has 0 saturated carbocycles. The van der Waals surface area contributed by atoms with Gasteiger partial charge < -0.3 is 5.11 Å². The molecule has 3 rings (SSSR count). The molecule has 0 heterocycles. The topological polar surface area (TPSA) is 20.2 Å². The molecule has 3 aromatic rings. The van der Waals surface area contributed by atoms with Crippen LogP contribution in [0.1, 0.15) is 22.3 Å². The number of phenols is 1. The van der Waals surface area contributed by atoms with Crippen molar-refractivity contribution in [3.05, 3.63) is 101 Å². The van der Waals surface area contributed by atoms with Gasteiger partial charge in [-0.25, -0.2) is 0 Å². The van der Waals surface area contributed by atoms with Crippen LogP contribution in [0.15, 0.2) is 78.9 Å². The molecule has 1 nitrogen and oxygen atoms in total. The van der Waals surface area contributed by atoms with Crippen LogP contribution in [0.2, 0.25) is 0 Å². The number of hydrogen-bond acceptors (Lipinski definition) is 1. The molecule has 3 aromatic carbocycles. The largest absolute Gasteiger partial charge is 0.508 e. The Morgan fingerprint density at radius 1 is 0.750 bits per heavy atom. The smallest absolute Gasteiger partial charge is 0.115 e. The highest BCUT2D eigenvalue weighted by Crippen LogP contribution is 2.33. The van der Waals surface area contributed by atoms with Gasteiger partial charge in [-0.1, -0.05) is 72.3 Å². The molecule has 0 unspecified atom stereocenters. The van der Waals surface area contributed by atoms with Crippen molar-refractivity contribution in [3.8, 4) is 5.75 Å². The average molecular weight is 335 g/mol. The van der Waals surface area contributed by atoms with Gasteiger partial charge in [-0.3, -0.25) is 0 Å². The third-order valence-corrected chi connectivity index (χ3v) is 4.32. The van der Waals surface area contributed by atoms with E-state index in [1.165, 1.54) is 5.56 Å². The van der Waals surface area contributed by atoms with Gasteiger partial charge in [0, 0.05) is 5.88 Å². The fourth-order valence-electron chi connectivity index (χ4n) is 2.79. The molecule has 0 atom stereocenters. The van der Waals surface area contributed by atoms with Gasteiger partial charge in [0.05, 0.1) is 0 Å². The van der Waals surface area contributed by atoms with Crippen LogP contribution in [-0.2, 0) is 0 Å². The zero-order valence-electron chi connectivity index (χ0n) is 13.5. The first-order valence-corrected chi connectivity index (χ1v) is 8.43. The SMILES string of the molecule is Cc1ccc(/C(=C(/CCl)c2ccccc2)c2ccc(O)cc2)cc1. The van der Waals surface area contributed by atoms with E-state index in [-0.39, 0.29) is 5.75 Å². The van der Waals surface area contributed by atoms with Crippen molar-refractivity contribution in [2.75, 3.05) is 5.88 Å². The highest BCUT2D eigenvalue weighted by atomic mass is 35.5. The summed E-state index contributed by atoms with van der Waals surface area (Å²) in [6.45, 7) is 2.08. The molecule has 0 amide bonds. The molecule has 0 saturated heterocycles. The van der Waals surface area contributed by atoms with Crippen LogP contribution in [0.3, 0.4) is 0 Å². The Morgan fingerprint density at radius 2 is 1.29 bits per heavy atom. The molecule has 120 valence electrons. The molecule has 0 bridgehead atoms. The molecule has 0 aliphatic heterocycles. The summed E-state index contributed by atoms with van der Waals surface area (Å²) in [7, 11) is 0. The minimum absolute atomic E-state index is 0.258. The molecule has 0 aliphatic carbocycles. The molecule has 0 spiro atoms. The Kier molecular flexibility index (Phi) is 5.02. The zero-order valence-corrected chi connectivity index (χ0v) is 14.3. The molecule has 1 N–H and O–H groups in total. The van der Waals surface area contributed by atoms with Crippen LogP contribution < -0.4 is 0 Å². The fourth-order valence-corrected chi connectivity index (χ4v) is 3.08. The number of alkyl halides is 1. The lowest BCUT2D eigenvalue weighted by molar-refractivity contribution is 0.475. The van der Waals surface area contributed by atoms with Crippen molar-refractivity contribution < 1.29 is 5.11 Å². The van der Waals surface area contributed by atoms with Gasteiger partial charge in [0.25, 0.3) is 0 Å². The predicted molar refractivity (Wildman–Crippen MR) is 102 cm³/mol. The molecular weight excluding hydrogens is 316 g/mol. The number of halogens is 1. The van der Waals surface area contributed by atoms with Crippen LogP contribution >= 0.6 is 11.6 Å². The number of aromatic hydroxyl groups is 1. The summed E-state index contributed by atoms with van der Waals surface area (Å²) in [6, 6.07) is 25.9. The van der Waals surface area contributed by atoms with E-state index in [1.54, 1.807) is 12.1 Å². The van der Waals surface area contributed by atoms with Crippen molar-refractivity contribution in [2.45, 2.75) is 6.92 Å². The lowest BCUT2D eigenvalue weighted by Crippen LogP contribution is -1.96. The first-order valence-electron chi connectivity index (χ1n) is 7.90. The number of phenolic OH excluding ortho intramolecular Hbond substituents is 1. The summed E-state index contributed by atoms with van der Waals surface area (Å²) < 4.78 is 0. The maximum atomic E-state index is 9.62. The second-order valence-electron chi connectivity index (χ2n) is 5.77. The Labute approximate surface area is 147 Å². The summed E-state index contributed by atoms with van der Waals surface area (Å²) in [5, 5.41) is 9.62. The third kappa shape index (κ3) is 3.52. The molecule has 0 aliphatic rings. The number of aryl methyl sites for hydroxylation is 1. The van der Waals surface area contributed by atoms with Crippen molar-refractivity contribution in [3.63, 3.8) is 0 Å². The number of rotatable bonds is 4. The van der Waals surface area contributed by atoms with Gasteiger partial charge in [0.15, 0.2) is 0 Å². The van der Waals surface area contributed by atoms with E-state index in [0.717, 1.165) is 27.8 Å². The minimum Gasteiger partial charge on any atom is -0.508 e. The Bertz CT molecular complexity index is 784. The molecule has 2 heteroatoms.